The van der Waals surface area contributed by atoms with Crippen LogP contribution in [0.15, 0.2) is 42.7 Å². The molecule has 0 bridgehead atoms. The minimum absolute atomic E-state index is 0.0427. The van der Waals surface area contributed by atoms with E-state index in [9.17, 15) is 4.79 Å². The summed E-state index contributed by atoms with van der Waals surface area (Å²) in [5.41, 5.74) is 4.95. The molecular formula is C22H30N4O. The van der Waals surface area contributed by atoms with Gasteiger partial charge in [0, 0.05) is 45.1 Å². The van der Waals surface area contributed by atoms with E-state index >= 15 is 0 Å². The molecule has 27 heavy (non-hydrogen) atoms. The van der Waals surface area contributed by atoms with Crippen molar-refractivity contribution in [1.29, 1.82) is 0 Å². The summed E-state index contributed by atoms with van der Waals surface area (Å²) in [6.45, 7) is 10.5. The number of nitrogens with one attached hydrogen (secondary N) is 1. The summed E-state index contributed by atoms with van der Waals surface area (Å²) in [6.07, 6.45) is 4.59. The molecule has 3 rings (SSSR count). The lowest BCUT2D eigenvalue weighted by atomic mass is 9.99. The zero-order valence-electron chi connectivity index (χ0n) is 16.6. The van der Waals surface area contributed by atoms with Crippen LogP contribution in [0.2, 0.25) is 0 Å². The Labute approximate surface area is 162 Å². The van der Waals surface area contributed by atoms with Gasteiger partial charge in [0.15, 0.2) is 0 Å². The van der Waals surface area contributed by atoms with Crippen molar-refractivity contribution in [2.45, 2.75) is 39.8 Å². The minimum Gasteiger partial charge on any atom is -0.331 e. The second kappa shape index (κ2) is 9.00. The first-order valence-corrected chi connectivity index (χ1v) is 9.80. The summed E-state index contributed by atoms with van der Waals surface area (Å²) in [5, 5.41) is 3.22. The number of carbonyl (C=O) groups excluding carboxylic acids is 1. The fourth-order valence-electron chi connectivity index (χ4n) is 3.50. The van der Waals surface area contributed by atoms with Crippen molar-refractivity contribution in [2.24, 2.45) is 0 Å². The molecule has 1 fully saturated rings. The van der Waals surface area contributed by atoms with Crippen LogP contribution in [0.25, 0.3) is 0 Å². The Hall–Kier alpha value is -2.40. The van der Waals surface area contributed by atoms with Gasteiger partial charge in [-0.2, -0.15) is 0 Å². The van der Waals surface area contributed by atoms with Crippen LogP contribution in [0.4, 0.5) is 4.79 Å². The third-order valence-corrected chi connectivity index (χ3v) is 5.43. The first-order chi connectivity index (χ1) is 13.1. The maximum absolute atomic E-state index is 12.7. The van der Waals surface area contributed by atoms with Crippen LogP contribution in [-0.2, 0) is 6.54 Å². The second-order valence-electron chi connectivity index (χ2n) is 7.38. The molecule has 0 aliphatic carbocycles. The number of amides is 2. The standard InChI is InChI=1S/C22H30N4O/c1-4-21(20-8-7-17(2)18(3)14-20)24-22(27)26-12-10-25(11-13-26)16-19-6-5-9-23-15-19/h5-9,14-15,21H,4,10-13,16H2,1-3H3,(H,24,27)/t21-/m0/s1. The number of pyridine rings is 1. The van der Waals surface area contributed by atoms with E-state index in [-0.39, 0.29) is 12.1 Å². The molecule has 2 aromatic rings. The highest BCUT2D eigenvalue weighted by molar-refractivity contribution is 5.75. The van der Waals surface area contributed by atoms with E-state index in [0.717, 1.165) is 39.1 Å². The van der Waals surface area contributed by atoms with Gasteiger partial charge in [-0.3, -0.25) is 9.88 Å². The molecular weight excluding hydrogens is 336 g/mol. The predicted molar refractivity (Wildman–Crippen MR) is 109 cm³/mol. The maximum atomic E-state index is 12.7. The largest absolute Gasteiger partial charge is 0.331 e. The van der Waals surface area contributed by atoms with Gasteiger partial charge in [0.05, 0.1) is 6.04 Å². The average Bonchev–Trinajstić information content (AvgIpc) is 2.69. The molecule has 1 saturated heterocycles. The Kier molecular flexibility index (Phi) is 6.45. The molecule has 1 aliphatic heterocycles. The quantitative estimate of drug-likeness (QED) is 0.878. The number of urea groups is 1. The Morgan fingerprint density at radius 3 is 2.56 bits per heavy atom. The number of piperazine rings is 1. The molecule has 1 aromatic carbocycles. The van der Waals surface area contributed by atoms with E-state index in [1.807, 2.05) is 17.2 Å². The Morgan fingerprint density at radius 1 is 1.15 bits per heavy atom. The number of rotatable bonds is 5. The fourth-order valence-corrected chi connectivity index (χ4v) is 3.50. The van der Waals surface area contributed by atoms with Gasteiger partial charge in [0.1, 0.15) is 0 Å². The summed E-state index contributed by atoms with van der Waals surface area (Å²) in [6, 6.07) is 10.6. The number of hydrogen-bond acceptors (Lipinski definition) is 3. The van der Waals surface area contributed by atoms with Gasteiger partial charge in [0.2, 0.25) is 0 Å². The van der Waals surface area contributed by atoms with Gasteiger partial charge in [-0.05, 0) is 48.6 Å². The fraction of sp³-hybridized carbons (Fsp3) is 0.455. The molecule has 2 heterocycles. The van der Waals surface area contributed by atoms with Gasteiger partial charge < -0.3 is 10.2 Å². The summed E-state index contributed by atoms with van der Waals surface area (Å²) >= 11 is 0. The first-order valence-electron chi connectivity index (χ1n) is 9.80. The summed E-state index contributed by atoms with van der Waals surface area (Å²) < 4.78 is 0. The van der Waals surface area contributed by atoms with Crippen molar-refractivity contribution in [2.75, 3.05) is 26.2 Å². The third-order valence-electron chi connectivity index (χ3n) is 5.43. The lowest BCUT2D eigenvalue weighted by Gasteiger charge is -2.35. The first kappa shape index (κ1) is 19.4. The van der Waals surface area contributed by atoms with Crippen molar-refractivity contribution in [3.8, 4) is 0 Å². The predicted octanol–water partition coefficient (Wildman–Crippen LogP) is 3.68. The maximum Gasteiger partial charge on any atom is 0.317 e. The molecule has 0 radical (unpaired) electrons. The molecule has 5 nitrogen and oxygen atoms in total. The van der Waals surface area contributed by atoms with Crippen LogP contribution >= 0.6 is 0 Å². The molecule has 0 spiro atoms. The summed E-state index contributed by atoms with van der Waals surface area (Å²) in [7, 11) is 0. The zero-order valence-corrected chi connectivity index (χ0v) is 16.6. The lowest BCUT2D eigenvalue weighted by molar-refractivity contribution is 0.133. The third kappa shape index (κ3) is 5.07. The van der Waals surface area contributed by atoms with Gasteiger partial charge in [-0.15, -0.1) is 0 Å². The van der Waals surface area contributed by atoms with E-state index in [0.29, 0.717) is 0 Å². The van der Waals surface area contributed by atoms with Crippen LogP contribution in [-0.4, -0.2) is 47.0 Å². The van der Waals surface area contributed by atoms with Gasteiger partial charge >= 0.3 is 6.03 Å². The van der Waals surface area contributed by atoms with Crippen LogP contribution in [0.3, 0.4) is 0 Å². The smallest absolute Gasteiger partial charge is 0.317 e. The molecule has 0 unspecified atom stereocenters. The van der Waals surface area contributed by atoms with Crippen molar-refractivity contribution < 1.29 is 4.79 Å². The number of aryl methyl sites for hydroxylation is 2. The topological polar surface area (TPSA) is 48.5 Å². The van der Waals surface area contributed by atoms with Crippen molar-refractivity contribution in [3.05, 3.63) is 65.0 Å². The SMILES string of the molecule is CC[C@H](NC(=O)N1CCN(Cc2cccnc2)CC1)c1ccc(C)c(C)c1. The van der Waals surface area contributed by atoms with E-state index in [2.05, 4.69) is 60.2 Å². The average molecular weight is 367 g/mol. The highest BCUT2D eigenvalue weighted by Gasteiger charge is 2.23. The number of carbonyl (C=O) groups is 1. The van der Waals surface area contributed by atoms with Crippen molar-refractivity contribution in [1.82, 2.24) is 20.1 Å². The molecule has 1 aliphatic rings. The number of benzene rings is 1. The number of nitrogens with zero attached hydrogens (tertiary/aromatic N) is 3. The monoisotopic (exact) mass is 366 g/mol. The highest BCUT2D eigenvalue weighted by atomic mass is 16.2. The van der Waals surface area contributed by atoms with E-state index in [1.54, 1.807) is 6.20 Å². The van der Waals surface area contributed by atoms with Gasteiger partial charge in [0.25, 0.3) is 0 Å². The second-order valence-corrected chi connectivity index (χ2v) is 7.38. The molecule has 1 aromatic heterocycles. The van der Waals surface area contributed by atoms with Crippen LogP contribution in [0.5, 0.6) is 0 Å². The minimum atomic E-state index is 0.0427. The summed E-state index contributed by atoms with van der Waals surface area (Å²) in [5.74, 6) is 0. The molecule has 1 atom stereocenters. The van der Waals surface area contributed by atoms with E-state index in [4.69, 9.17) is 0 Å². The Balaban J connectivity index is 1.53. The van der Waals surface area contributed by atoms with Crippen LogP contribution in [0.1, 0.15) is 41.6 Å². The molecule has 0 saturated carbocycles. The van der Waals surface area contributed by atoms with Crippen LogP contribution < -0.4 is 5.32 Å². The Morgan fingerprint density at radius 2 is 1.93 bits per heavy atom. The lowest BCUT2D eigenvalue weighted by Crippen LogP contribution is -2.51. The molecule has 5 heteroatoms. The normalized spacial score (nSPS) is 16.2. The van der Waals surface area contributed by atoms with E-state index in [1.165, 1.54) is 22.3 Å². The van der Waals surface area contributed by atoms with Crippen molar-refractivity contribution >= 4 is 6.03 Å². The van der Waals surface area contributed by atoms with E-state index < -0.39 is 0 Å². The number of hydrogen-bond donors (Lipinski definition) is 1. The molecule has 144 valence electrons. The Bertz CT molecular complexity index is 754. The van der Waals surface area contributed by atoms with Crippen LogP contribution in [0, 0.1) is 13.8 Å². The number of aromatic nitrogens is 1. The zero-order chi connectivity index (χ0) is 19.2. The molecule has 1 N–H and O–H groups in total. The molecule has 2 amide bonds. The van der Waals surface area contributed by atoms with Gasteiger partial charge in [-0.1, -0.05) is 31.2 Å². The van der Waals surface area contributed by atoms with Crippen molar-refractivity contribution in [3.63, 3.8) is 0 Å². The van der Waals surface area contributed by atoms with Gasteiger partial charge in [-0.25, -0.2) is 4.79 Å². The highest BCUT2D eigenvalue weighted by Crippen LogP contribution is 2.20. The summed E-state index contributed by atoms with van der Waals surface area (Å²) in [4.78, 5) is 21.2.